The Bertz CT molecular complexity index is 590. The lowest BCUT2D eigenvalue weighted by molar-refractivity contribution is 0.327. The lowest BCUT2D eigenvalue weighted by Crippen LogP contribution is -2.45. The molecule has 1 aliphatic rings. The van der Waals surface area contributed by atoms with Gasteiger partial charge in [-0.25, -0.2) is 9.97 Å². The van der Waals surface area contributed by atoms with Gasteiger partial charge < -0.3 is 9.80 Å². The van der Waals surface area contributed by atoms with Crippen LogP contribution in [0.2, 0.25) is 0 Å². The highest BCUT2D eigenvalue weighted by Crippen LogP contribution is 2.28. The number of aryl methyl sites for hydroxylation is 1. The maximum Gasteiger partial charge on any atom is 0.163 e. The molecule has 0 aliphatic carbocycles. The zero-order valence-corrected chi connectivity index (χ0v) is 12.5. The van der Waals surface area contributed by atoms with E-state index in [0.717, 1.165) is 29.9 Å². The molecule has 0 saturated carbocycles. The molecule has 2 aromatic rings. The van der Waals surface area contributed by atoms with Crippen LogP contribution in [-0.4, -0.2) is 57.9 Å². The van der Waals surface area contributed by atoms with Crippen LogP contribution in [-0.2, 0) is 7.05 Å². The predicted octanol–water partition coefficient (Wildman–Crippen LogP) is 1.28. The summed E-state index contributed by atoms with van der Waals surface area (Å²) in [6, 6.07) is 0.525. The standard InChI is InChI=1S/C14H22N6/c1-18(2)9-11-6-4-5-7-20(11)14-12-8-17-19(3)13(12)15-10-16-14/h8,10-11H,4-7,9H2,1-3H3. The third-order valence-electron chi connectivity index (χ3n) is 3.98. The number of hydrogen-bond acceptors (Lipinski definition) is 5. The van der Waals surface area contributed by atoms with Gasteiger partial charge >= 0.3 is 0 Å². The Balaban J connectivity index is 1.99. The van der Waals surface area contributed by atoms with Crippen LogP contribution in [0.3, 0.4) is 0 Å². The normalized spacial score (nSPS) is 20.0. The minimum absolute atomic E-state index is 0.525. The van der Waals surface area contributed by atoms with Crippen LogP contribution in [0, 0.1) is 0 Å². The van der Waals surface area contributed by atoms with E-state index in [1.807, 2.05) is 17.9 Å². The highest BCUT2D eigenvalue weighted by molar-refractivity contribution is 5.86. The summed E-state index contributed by atoms with van der Waals surface area (Å²) < 4.78 is 1.81. The molecule has 3 heterocycles. The van der Waals surface area contributed by atoms with E-state index in [9.17, 15) is 0 Å². The Morgan fingerprint density at radius 3 is 2.95 bits per heavy atom. The van der Waals surface area contributed by atoms with Gasteiger partial charge in [0.15, 0.2) is 5.65 Å². The van der Waals surface area contributed by atoms with E-state index in [1.54, 1.807) is 6.33 Å². The molecule has 2 aromatic heterocycles. The summed E-state index contributed by atoms with van der Waals surface area (Å²) in [6.07, 6.45) is 7.29. The average Bonchev–Trinajstić information content (AvgIpc) is 2.81. The summed E-state index contributed by atoms with van der Waals surface area (Å²) in [4.78, 5) is 13.6. The number of anilines is 1. The number of likely N-dealkylation sites (N-methyl/N-ethyl adjacent to an activating group) is 1. The third kappa shape index (κ3) is 2.35. The van der Waals surface area contributed by atoms with Gasteiger partial charge in [0.1, 0.15) is 12.1 Å². The first-order valence-corrected chi connectivity index (χ1v) is 7.21. The molecule has 1 fully saturated rings. The van der Waals surface area contributed by atoms with Crippen LogP contribution < -0.4 is 4.90 Å². The summed E-state index contributed by atoms with van der Waals surface area (Å²) in [5, 5.41) is 5.37. The zero-order valence-electron chi connectivity index (χ0n) is 12.5. The highest BCUT2D eigenvalue weighted by Gasteiger charge is 2.26. The Morgan fingerprint density at radius 1 is 1.30 bits per heavy atom. The summed E-state index contributed by atoms with van der Waals surface area (Å²) in [6.45, 7) is 2.13. The molecule has 1 saturated heterocycles. The lowest BCUT2D eigenvalue weighted by Gasteiger charge is -2.38. The largest absolute Gasteiger partial charge is 0.352 e. The summed E-state index contributed by atoms with van der Waals surface area (Å²) >= 11 is 0. The monoisotopic (exact) mass is 274 g/mol. The van der Waals surface area contributed by atoms with Gasteiger partial charge in [0, 0.05) is 26.2 Å². The van der Waals surface area contributed by atoms with Crippen molar-refractivity contribution in [2.45, 2.75) is 25.3 Å². The Hall–Kier alpha value is -1.69. The third-order valence-corrected chi connectivity index (χ3v) is 3.98. The predicted molar refractivity (Wildman–Crippen MR) is 79.8 cm³/mol. The van der Waals surface area contributed by atoms with E-state index >= 15 is 0 Å². The molecule has 0 N–H and O–H groups in total. The molecule has 0 spiro atoms. The van der Waals surface area contributed by atoms with E-state index in [0.29, 0.717) is 6.04 Å². The van der Waals surface area contributed by atoms with Gasteiger partial charge in [0.2, 0.25) is 0 Å². The molecule has 1 aliphatic heterocycles. The Kier molecular flexibility index (Phi) is 3.56. The molecule has 0 aromatic carbocycles. The molecule has 1 unspecified atom stereocenters. The molecule has 0 bridgehead atoms. The maximum absolute atomic E-state index is 4.54. The molecule has 6 heteroatoms. The fourth-order valence-corrected chi connectivity index (χ4v) is 3.07. The van der Waals surface area contributed by atoms with Crippen molar-refractivity contribution in [1.29, 1.82) is 0 Å². The number of rotatable bonds is 3. The minimum atomic E-state index is 0.525. The first-order chi connectivity index (χ1) is 9.66. The highest BCUT2D eigenvalue weighted by atomic mass is 15.3. The van der Waals surface area contributed by atoms with Crippen molar-refractivity contribution in [2.75, 3.05) is 32.1 Å². The van der Waals surface area contributed by atoms with Crippen molar-refractivity contribution in [2.24, 2.45) is 7.05 Å². The van der Waals surface area contributed by atoms with Crippen molar-refractivity contribution in [3.63, 3.8) is 0 Å². The topological polar surface area (TPSA) is 50.1 Å². The van der Waals surface area contributed by atoms with Gasteiger partial charge in [-0.3, -0.25) is 4.68 Å². The van der Waals surface area contributed by atoms with Gasteiger partial charge in [0.25, 0.3) is 0 Å². The van der Waals surface area contributed by atoms with Gasteiger partial charge in [0.05, 0.1) is 11.6 Å². The number of fused-ring (bicyclic) bond motifs is 1. The molecule has 108 valence electrons. The van der Waals surface area contributed by atoms with E-state index in [2.05, 4.69) is 39.0 Å². The fraction of sp³-hybridized carbons (Fsp3) is 0.643. The molecule has 6 nitrogen and oxygen atoms in total. The average molecular weight is 274 g/mol. The molecule has 3 rings (SSSR count). The fourth-order valence-electron chi connectivity index (χ4n) is 3.07. The molecule has 20 heavy (non-hydrogen) atoms. The van der Waals surface area contributed by atoms with E-state index in [1.165, 1.54) is 19.3 Å². The molecule has 0 radical (unpaired) electrons. The Labute approximate surface area is 119 Å². The molecule has 1 atom stereocenters. The van der Waals surface area contributed by atoms with E-state index in [-0.39, 0.29) is 0 Å². The quantitative estimate of drug-likeness (QED) is 0.844. The zero-order chi connectivity index (χ0) is 14.1. The van der Waals surface area contributed by atoms with Gasteiger partial charge in [-0.05, 0) is 33.4 Å². The number of hydrogen-bond donors (Lipinski definition) is 0. The van der Waals surface area contributed by atoms with Crippen molar-refractivity contribution in [3.05, 3.63) is 12.5 Å². The second-order valence-electron chi connectivity index (χ2n) is 5.81. The molecule has 0 amide bonds. The number of piperidine rings is 1. The first-order valence-electron chi connectivity index (χ1n) is 7.21. The van der Waals surface area contributed by atoms with Crippen molar-refractivity contribution >= 4 is 16.9 Å². The van der Waals surface area contributed by atoms with Crippen molar-refractivity contribution < 1.29 is 0 Å². The van der Waals surface area contributed by atoms with Crippen LogP contribution in [0.5, 0.6) is 0 Å². The van der Waals surface area contributed by atoms with Crippen molar-refractivity contribution in [3.8, 4) is 0 Å². The van der Waals surface area contributed by atoms with Crippen LogP contribution in [0.4, 0.5) is 5.82 Å². The molecular formula is C14H22N6. The molecular weight excluding hydrogens is 252 g/mol. The van der Waals surface area contributed by atoms with E-state index in [4.69, 9.17) is 0 Å². The SMILES string of the molecule is CN(C)CC1CCCCN1c1ncnc2c1cnn2C. The summed E-state index contributed by atoms with van der Waals surface area (Å²) in [5.74, 6) is 1.04. The van der Waals surface area contributed by atoms with Crippen LogP contribution in [0.15, 0.2) is 12.5 Å². The number of nitrogens with zero attached hydrogens (tertiary/aromatic N) is 6. The summed E-state index contributed by atoms with van der Waals surface area (Å²) in [7, 11) is 6.19. The van der Waals surface area contributed by atoms with Crippen LogP contribution >= 0.6 is 0 Å². The van der Waals surface area contributed by atoms with Gasteiger partial charge in [-0.15, -0.1) is 0 Å². The Morgan fingerprint density at radius 2 is 2.15 bits per heavy atom. The van der Waals surface area contributed by atoms with Gasteiger partial charge in [-0.2, -0.15) is 5.10 Å². The van der Waals surface area contributed by atoms with E-state index < -0.39 is 0 Å². The lowest BCUT2D eigenvalue weighted by atomic mass is 10.0. The first kappa shape index (κ1) is 13.3. The van der Waals surface area contributed by atoms with Crippen LogP contribution in [0.1, 0.15) is 19.3 Å². The summed E-state index contributed by atoms with van der Waals surface area (Å²) in [5.41, 5.74) is 0.907. The van der Waals surface area contributed by atoms with Gasteiger partial charge in [-0.1, -0.05) is 0 Å². The second-order valence-corrected chi connectivity index (χ2v) is 5.81. The smallest absolute Gasteiger partial charge is 0.163 e. The van der Waals surface area contributed by atoms with Crippen LogP contribution in [0.25, 0.3) is 11.0 Å². The van der Waals surface area contributed by atoms with Crippen molar-refractivity contribution in [1.82, 2.24) is 24.6 Å². The minimum Gasteiger partial charge on any atom is -0.352 e. The maximum atomic E-state index is 4.54. The number of aromatic nitrogens is 4. The second kappa shape index (κ2) is 5.36.